The Morgan fingerprint density at radius 2 is 1.54 bits per heavy atom. The fourth-order valence-electron chi connectivity index (χ4n) is 8.38. The van der Waals surface area contributed by atoms with Gasteiger partial charge in [-0.2, -0.15) is 0 Å². The van der Waals surface area contributed by atoms with Crippen molar-refractivity contribution < 1.29 is 4.42 Å². The molecule has 3 aliphatic rings. The number of halogens is 1. The highest BCUT2D eigenvalue weighted by molar-refractivity contribution is 6.30. The molecule has 0 N–H and O–H groups in total. The molecule has 2 saturated carbocycles. The van der Waals surface area contributed by atoms with Gasteiger partial charge in [-0.25, -0.2) is 0 Å². The van der Waals surface area contributed by atoms with Crippen LogP contribution in [0.4, 0.5) is 0 Å². The van der Waals surface area contributed by atoms with Crippen LogP contribution in [0.15, 0.2) is 83.3 Å². The third-order valence-corrected chi connectivity index (χ3v) is 10.3. The summed E-state index contributed by atoms with van der Waals surface area (Å²) < 4.78 is 6.24. The van der Waals surface area contributed by atoms with Gasteiger partial charge < -0.3 is 4.42 Å². The van der Waals surface area contributed by atoms with E-state index in [4.69, 9.17) is 16.0 Å². The van der Waals surface area contributed by atoms with E-state index in [0.717, 1.165) is 28.0 Å². The van der Waals surface area contributed by atoms with Crippen molar-refractivity contribution in [3.8, 4) is 22.3 Å². The van der Waals surface area contributed by atoms with Gasteiger partial charge in [0.15, 0.2) is 0 Å². The van der Waals surface area contributed by atoms with Gasteiger partial charge >= 0.3 is 0 Å². The Bertz CT molecular complexity index is 1690. The van der Waals surface area contributed by atoms with E-state index in [1.165, 1.54) is 82.7 Å². The molecule has 4 atom stereocenters. The number of hydrogen-bond donors (Lipinski definition) is 0. The summed E-state index contributed by atoms with van der Waals surface area (Å²) in [6.07, 6.45) is 8.00. The molecule has 1 aromatic heterocycles. The van der Waals surface area contributed by atoms with Crippen molar-refractivity contribution in [2.24, 2.45) is 17.8 Å². The van der Waals surface area contributed by atoms with E-state index in [-0.39, 0.29) is 5.41 Å². The topological polar surface area (TPSA) is 13.1 Å². The first-order chi connectivity index (χ1) is 18.1. The number of benzene rings is 4. The number of rotatable bonds is 2. The van der Waals surface area contributed by atoms with Crippen molar-refractivity contribution in [2.45, 2.75) is 50.9 Å². The summed E-state index contributed by atoms with van der Waals surface area (Å²) in [4.78, 5) is 0. The minimum atomic E-state index is 0.0827. The Balaban J connectivity index is 1.31. The van der Waals surface area contributed by atoms with Gasteiger partial charge in [0, 0.05) is 21.2 Å². The molecule has 2 heteroatoms. The standard InChI is InChI=1S/C35H31ClO/c1-2-21-15-22-13-14-35(25(16-21)17-22)31-18-23(7-10-27(31)28-12-9-26(36)20-32(28)35)24-8-11-30-29-5-3-4-6-33(29)37-34(30)19-24/h3-12,18-22,25H,2,13-17H2,1H3. The highest BCUT2D eigenvalue weighted by atomic mass is 35.5. The maximum absolute atomic E-state index is 6.66. The number of fused-ring (bicyclic) bond motifs is 11. The molecule has 1 nitrogen and oxygen atoms in total. The minimum absolute atomic E-state index is 0.0827. The fraction of sp³-hybridized carbons (Fsp3) is 0.314. The first-order valence-corrected chi connectivity index (χ1v) is 14.4. The molecule has 8 rings (SSSR count). The maximum atomic E-state index is 6.66. The van der Waals surface area contributed by atoms with Crippen LogP contribution in [-0.2, 0) is 5.41 Å². The van der Waals surface area contributed by atoms with Crippen molar-refractivity contribution in [3.63, 3.8) is 0 Å². The molecule has 3 aliphatic carbocycles. The molecule has 4 unspecified atom stereocenters. The van der Waals surface area contributed by atoms with Crippen LogP contribution in [0.25, 0.3) is 44.2 Å². The monoisotopic (exact) mass is 502 g/mol. The van der Waals surface area contributed by atoms with Gasteiger partial charge in [-0.15, -0.1) is 0 Å². The van der Waals surface area contributed by atoms with Crippen LogP contribution in [0.1, 0.15) is 56.6 Å². The quantitative estimate of drug-likeness (QED) is 0.234. The van der Waals surface area contributed by atoms with Crippen LogP contribution in [-0.4, -0.2) is 0 Å². The predicted octanol–water partition coefficient (Wildman–Crippen LogP) is 10.4. The molecule has 5 aromatic rings. The summed E-state index contributed by atoms with van der Waals surface area (Å²) >= 11 is 6.66. The van der Waals surface area contributed by atoms with E-state index in [1.807, 2.05) is 6.07 Å². The second-order valence-electron chi connectivity index (χ2n) is 11.8. The summed E-state index contributed by atoms with van der Waals surface area (Å²) in [5, 5.41) is 3.24. The summed E-state index contributed by atoms with van der Waals surface area (Å²) in [5.74, 6) is 2.43. The summed E-state index contributed by atoms with van der Waals surface area (Å²) in [7, 11) is 0. The number of para-hydroxylation sites is 1. The minimum Gasteiger partial charge on any atom is -0.456 e. The Hall–Kier alpha value is -3.03. The molecule has 1 spiro atoms. The molecule has 0 radical (unpaired) electrons. The average Bonchev–Trinajstić information content (AvgIpc) is 3.43. The zero-order chi connectivity index (χ0) is 24.7. The molecule has 2 fully saturated rings. The Morgan fingerprint density at radius 1 is 0.784 bits per heavy atom. The second-order valence-corrected chi connectivity index (χ2v) is 12.3. The lowest BCUT2D eigenvalue weighted by Gasteiger charge is -2.51. The molecular formula is C35H31ClO. The van der Waals surface area contributed by atoms with Crippen LogP contribution in [0, 0.1) is 17.8 Å². The molecule has 1 heterocycles. The molecule has 184 valence electrons. The van der Waals surface area contributed by atoms with Crippen LogP contribution >= 0.6 is 11.6 Å². The summed E-state index contributed by atoms with van der Waals surface area (Å²) in [6, 6.07) is 28.9. The van der Waals surface area contributed by atoms with Crippen LogP contribution < -0.4 is 0 Å². The lowest BCUT2D eigenvalue weighted by atomic mass is 9.53. The maximum Gasteiger partial charge on any atom is 0.136 e. The summed E-state index contributed by atoms with van der Waals surface area (Å²) in [5.41, 5.74) is 10.3. The number of furan rings is 1. The SMILES string of the molecule is CCC1CC2CCC3(c4cc(Cl)ccc4-c4ccc(-c5ccc6c(c5)oc5ccccc56)cc43)C(C1)C2. The van der Waals surface area contributed by atoms with Gasteiger partial charge in [-0.05, 0) is 120 Å². The van der Waals surface area contributed by atoms with Crippen molar-refractivity contribution >= 4 is 33.5 Å². The largest absolute Gasteiger partial charge is 0.456 e. The summed E-state index contributed by atoms with van der Waals surface area (Å²) in [6.45, 7) is 2.39. The second kappa shape index (κ2) is 7.98. The Kier molecular flexibility index (Phi) is 4.75. The molecule has 0 saturated heterocycles. The normalized spacial score (nSPS) is 26.1. The third kappa shape index (κ3) is 3.10. The molecular weight excluding hydrogens is 472 g/mol. The van der Waals surface area contributed by atoms with Gasteiger partial charge in [0.25, 0.3) is 0 Å². The molecule has 0 amide bonds. The van der Waals surface area contributed by atoms with Crippen molar-refractivity contribution in [1.29, 1.82) is 0 Å². The zero-order valence-electron chi connectivity index (χ0n) is 21.3. The predicted molar refractivity (Wildman–Crippen MR) is 154 cm³/mol. The van der Waals surface area contributed by atoms with E-state index in [9.17, 15) is 0 Å². The Labute approximate surface area is 223 Å². The van der Waals surface area contributed by atoms with E-state index in [0.29, 0.717) is 5.92 Å². The molecule has 37 heavy (non-hydrogen) atoms. The van der Waals surface area contributed by atoms with Crippen LogP contribution in [0.5, 0.6) is 0 Å². The van der Waals surface area contributed by atoms with Crippen LogP contribution in [0.3, 0.4) is 0 Å². The lowest BCUT2D eigenvalue weighted by Crippen LogP contribution is -2.44. The van der Waals surface area contributed by atoms with Crippen molar-refractivity contribution in [2.75, 3.05) is 0 Å². The number of hydrogen-bond acceptors (Lipinski definition) is 1. The van der Waals surface area contributed by atoms with Crippen LogP contribution in [0.2, 0.25) is 5.02 Å². The average molecular weight is 503 g/mol. The van der Waals surface area contributed by atoms with Gasteiger partial charge in [0.2, 0.25) is 0 Å². The highest BCUT2D eigenvalue weighted by Crippen LogP contribution is 2.63. The smallest absolute Gasteiger partial charge is 0.136 e. The van der Waals surface area contributed by atoms with Gasteiger partial charge in [0.1, 0.15) is 11.2 Å². The van der Waals surface area contributed by atoms with Crippen molar-refractivity contribution in [3.05, 3.63) is 95.0 Å². The Morgan fingerprint density at radius 3 is 2.43 bits per heavy atom. The zero-order valence-corrected chi connectivity index (χ0v) is 22.0. The molecule has 2 bridgehead atoms. The highest BCUT2D eigenvalue weighted by Gasteiger charge is 2.53. The lowest BCUT2D eigenvalue weighted by molar-refractivity contribution is 0.0778. The van der Waals surface area contributed by atoms with Gasteiger partial charge in [-0.3, -0.25) is 0 Å². The van der Waals surface area contributed by atoms with Gasteiger partial charge in [0.05, 0.1) is 0 Å². The van der Waals surface area contributed by atoms with E-state index < -0.39 is 0 Å². The fourth-order valence-corrected chi connectivity index (χ4v) is 8.55. The van der Waals surface area contributed by atoms with E-state index in [2.05, 4.69) is 79.7 Å². The van der Waals surface area contributed by atoms with Gasteiger partial charge in [-0.1, -0.05) is 67.4 Å². The molecule has 4 aromatic carbocycles. The van der Waals surface area contributed by atoms with Crippen molar-refractivity contribution in [1.82, 2.24) is 0 Å². The van der Waals surface area contributed by atoms with E-state index in [1.54, 1.807) is 0 Å². The first kappa shape index (κ1) is 22.0. The molecule has 0 aliphatic heterocycles. The third-order valence-electron chi connectivity index (χ3n) is 10.1. The first-order valence-electron chi connectivity index (χ1n) is 14.0. The van der Waals surface area contributed by atoms with E-state index >= 15 is 0 Å².